The van der Waals surface area contributed by atoms with Crippen LogP contribution in [-0.2, 0) is 12.8 Å². The third kappa shape index (κ3) is 2.15. The standard InChI is InChI=1S/C18H21NO/c1-3-13-7-4-6-12(2)18(13)19-16-11-10-15-14(16)8-5-9-17(15)20/h4-9,16,19-20H,3,10-11H2,1-2H3. The molecule has 0 heterocycles. The van der Waals surface area contributed by atoms with Gasteiger partial charge in [-0.15, -0.1) is 0 Å². The van der Waals surface area contributed by atoms with Gasteiger partial charge in [-0.1, -0.05) is 37.3 Å². The van der Waals surface area contributed by atoms with Gasteiger partial charge in [-0.2, -0.15) is 0 Å². The first-order valence-corrected chi connectivity index (χ1v) is 7.36. The molecule has 0 saturated carbocycles. The van der Waals surface area contributed by atoms with Gasteiger partial charge < -0.3 is 10.4 Å². The molecule has 0 aromatic heterocycles. The fourth-order valence-electron chi connectivity index (χ4n) is 3.19. The molecule has 1 unspecified atom stereocenters. The van der Waals surface area contributed by atoms with Gasteiger partial charge in [0.25, 0.3) is 0 Å². The van der Waals surface area contributed by atoms with Crippen LogP contribution in [0.4, 0.5) is 5.69 Å². The zero-order valence-corrected chi connectivity index (χ0v) is 12.1. The maximum absolute atomic E-state index is 9.94. The van der Waals surface area contributed by atoms with Crippen LogP contribution in [0.2, 0.25) is 0 Å². The summed E-state index contributed by atoms with van der Waals surface area (Å²) in [7, 11) is 0. The van der Waals surface area contributed by atoms with Crippen molar-refractivity contribution in [2.24, 2.45) is 0 Å². The van der Waals surface area contributed by atoms with Gasteiger partial charge in [0, 0.05) is 5.69 Å². The lowest BCUT2D eigenvalue weighted by atomic mass is 10.0. The molecule has 0 radical (unpaired) electrons. The van der Waals surface area contributed by atoms with E-state index in [4.69, 9.17) is 0 Å². The lowest BCUT2D eigenvalue weighted by molar-refractivity contribution is 0.469. The zero-order valence-electron chi connectivity index (χ0n) is 12.1. The lowest BCUT2D eigenvalue weighted by Gasteiger charge is -2.20. The van der Waals surface area contributed by atoms with Crippen molar-refractivity contribution in [1.29, 1.82) is 0 Å². The second-order valence-corrected chi connectivity index (χ2v) is 5.54. The van der Waals surface area contributed by atoms with Crippen LogP contribution in [0.5, 0.6) is 5.75 Å². The Morgan fingerprint density at radius 1 is 1.20 bits per heavy atom. The first-order chi connectivity index (χ1) is 9.70. The SMILES string of the molecule is CCc1cccc(C)c1NC1CCc2c(O)cccc21. The number of benzene rings is 2. The first-order valence-electron chi connectivity index (χ1n) is 7.36. The highest BCUT2D eigenvalue weighted by atomic mass is 16.3. The monoisotopic (exact) mass is 267 g/mol. The van der Waals surface area contributed by atoms with Crippen molar-refractivity contribution in [3.63, 3.8) is 0 Å². The van der Waals surface area contributed by atoms with Gasteiger partial charge in [0.05, 0.1) is 6.04 Å². The van der Waals surface area contributed by atoms with Gasteiger partial charge in [0.2, 0.25) is 0 Å². The zero-order chi connectivity index (χ0) is 14.1. The number of aromatic hydroxyl groups is 1. The van der Waals surface area contributed by atoms with E-state index in [0.717, 1.165) is 24.8 Å². The molecule has 2 heteroatoms. The fourth-order valence-corrected chi connectivity index (χ4v) is 3.19. The Morgan fingerprint density at radius 3 is 2.80 bits per heavy atom. The average Bonchev–Trinajstić information content (AvgIpc) is 2.86. The summed E-state index contributed by atoms with van der Waals surface area (Å²) in [6.45, 7) is 4.34. The maximum atomic E-state index is 9.94. The van der Waals surface area contributed by atoms with Gasteiger partial charge in [-0.3, -0.25) is 0 Å². The molecular formula is C18H21NO. The van der Waals surface area contributed by atoms with Gasteiger partial charge in [-0.25, -0.2) is 0 Å². The van der Waals surface area contributed by atoms with Crippen LogP contribution < -0.4 is 5.32 Å². The molecule has 0 aliphatic heterocycles. The highest BCUT2D eigenvalue weighted by molar-refractivity contribution is 5.60. The van der Waals surface area contributed by atoms with Crippen molar-refractivity contribution in [3.8, 4) is 5.75 Å². The van der Waals surface area contributed by atoms with E-state index in [0.29, 0.717) is 11.8 Å². The molecule has 3 rings (SSSR count). The maximum Gasteiger partial charge on any atom is 0.119 e. The summed E-state index contributed by atoms with van der Waals surface area (Å²) < 4.78 is 0. The summed E-state index contributed by atoms with van der Waals surface area (Å²) in [5.74, 6) is 0.437. The van der Waals surface area contributed by atoms with E-state index in [1.807, 2.05) is 6.07 Å². The van der Waals surface area contributed by atoms with Crippen LogP contribution in [-0.4, -0.2) is 5.11 Å². The molecule has 2 nitrogen and oxygen atoms in total. The molecule has 1 aliphatic rings. The molecule has 0 bridgehead atoms. The summed E-state index contributed by atoms with van der Waals surface area (Å²) in [5, 5.41) is 13.6. The molecule has 0 spiro atoms. The highest BCUT2D eigenvalue weighted by Crippen LogP contribution is 2.39. The Hall–Kier alpha value is -1.96. The van der Waals surface area contributed by atoms with Crippen LogP contribution in [0.25, 0.3) is 0 Å². The van der Waals surface area contributed by atoms with Crippen LogP contribution in [0.3, 0.4) is 0 Å². The predicted octanol–water partition coefficient (Wildman–Crippen LogP) is 4.36. The molecule has 0 amide bonds. The van der Waals surface area contributed by atoms with Crippen LogP contribution in [0.1, 0.15) is 41.6 Å². The molecule has 1 aliphatic carbocycles. The van der Waals surface area contributed by atoms with E-state index in [1.54, 1.807) is 6.07 Å². The molecule has 2 aromatic carbocycles. The summed E-state index contributed by atoms with van der Waals surface area (Å²) in [4.78, 5) is 0. The predicted molar refractivity (Wildman–Crippen MR) is 83.3 cm³/mol. The van der Waals surface area contributed by atoms with Crippen molar-refractivity contribution < 1.29 is 5.11 Å². The fraction of sp³-hybridized carbons (Fsp3) is 0.333. The van der Waals surface area contributed by atoms with Crippen molar-refractivity contribution >= 4 is 5.69 Å². The molecule has 1 atom stereocenters. The number of nitrogens with one attached hydrogen (secondary N) is 1. The minimum absolute atomic E-state index is 0.309. The number of fused-ring (bicyclic) bond motifs is 1. The lowest BCUT2D eigenvalue weighted by Crippen LogP contribution is -2.10. The third-order valence-corrected chi connectivity index (χ3v) is 4.30. The molecule has 2 N–H and O–H groups in total. The summed E-state index contributed by atoms with van der Waals surface area (Å²) >= 11 is 0. The van der Waals surface area contributed by atoms with Crippen LogP contribution in [0.15, 0.2) is 36.4 Å². The van der Waals surface area contributed by atoms with Crippen LogP contribution in [0, 0.1) is 6.92 Å². The molecule has 20 heavy (non-hydrogen) atoms. The largest absolute Gasteiger partial charge is 0.508 e. The Kier molecular flexibility index (Phi) is 3.39. The number of para-hydroxylation sites is 1. The van der Waals surface area contributed by atoms with Crippen molar-refractivity contribution in [1.82, 2.24) is 0 Å². The van der Waals surface area contributed by atoms with E-state index in [-0.39, 0.29) is 0 Å². The first kappa shape index (κ1) is 13.0. The van der Waals surface area contributed by atoms with Crippen molar-refractivity contribution in [2.75, 3.05) is 5.32 Å². The van der Waals surface area contributed by atoms with Gasteiger partial charge in [0.1, 0.15) is 5.75 Å². The Morgan fingerprint density at radius 2 is 2.00 bits per heavy atom. The molecule has 2 aromatic rings. The highest BCUT2D eigenvalue weighted by Gasteiger charge is 2.25. The summed E-state index contributed by atoms with van der Waals surface area (Å²) in [6.07, 6.45) is 3.03. The quantitative estimate of drug-likeness (QED) is 0.866. The van der Waals surface area contributed by atoms with Crippen LogP contribution >= 0.6 is 0 Å². The Bertz CT molecular complexity index is 633. The average molecular weight is 267 g/mol. The summed E-state index contributed by atoms with van der Waals surface area (Å²) in [5.41, 5.74) is 6.26. The Balaban J connectivity index is 1.94. The molecular weight excluding hydrogens is 246 g/mol. The number of hydrogen-bond donors (Lipinski definition) is 2. The smallest absolute Gasteiger partial charge is 0.119 e. The van der Waals surface area contributed by atoms with Gasteiger partial charge in [-0.05, 0) is 54.5 Å². The topological polar surface area (TPSA) is 32.3 Å². The minimum Gasteiger partial charge on any atom is -0.508 e. The van der Waals surface area contributed by atoms with Gasteiger partial charge in [0.15, 0.2) is 0 Å². The number of aryl methyl sites for hydroxylation is 2. The number of anilines is 1. The van der Waals surface area contributed by atoms with Gasteiger partial charge >= 0.3 is 0 Å². The minimum atomic E-state index is 0.309. The second-order valence-electron chi connectivity index (χ2n) is 5.54. The number of phenolic OH excluding ortho intramolecular Hbond substituents is 1. The number of phenols is 1. The third-order valence-electron chi connectivity index (χ3n) is 4.30. The second kappa shape index (κ2) is 5.20. The van der Waals surface area contributed by atoms with E-state index >= 15 is 0 Å². The molecule has 0 saturated heterocycles. The number of rotatable bonds is 3. The Labute approximate surface area is 120 Å². The van der Waals surface area contributed by atoms with E-state index < -0.39 is 0 Å². The van der Waals surface area contributed by atoms with E-state index in [1.165, 1.54) is 22.4 Å². The van der Waals surface area contributed by atoms with E-state index in [9.17, 15) is 5.11 Å². The van der Waals surface area contributed by atoms with E-state index in [2.05, 4.69) is 43.4 Å². The molecule has 0 fully saturated rings. The number of hydrogen-bond acceptors (Lipinski definition) is 2. The normalized spacial score (nSPS) is 17.0. The summed E-state index contributed by atoms with van der Waals surface area (Å²) in [6, 6.07) is 12.6. The van der Waals surface area contributed by atoms with Crippen molar-refractivity contribution in [2.45, 2.75) is 39.2 Å². The van der Waals surface area contributed by atoms with Crippen molar-refractivity contribution in [3.05, 3.63) is 58.7 Å². The molecule has 104 valence electrons.